The van der Waals surface area contributed by atoms with Crippen LogP contribution < -0.4 is 9.64 Å². The molecular formula is C27H25ClF3NO4. The van der Waals surface area contributed by atoms with Crippen molar-refractivity contribution in [3.63, 3.8) is 0 Å². The average molecular weight is 520 g/mol. The summed E-state index contributed by atoms with van der Waals surface area (Å²) < 4.78 is 46.0. The van der Waals surface area contributed by atoms with Crippen LogP contribution in [0.25, 0.3) is 11.1 Å². The number of hydrogen-bond acceptors (Lipinski definition) is 4. The predicted octanol–water partition coefficient (Wildman–Crippen LogP) is 6.91. The summed E-state index contributed by atoms with van der Waals surface area (Å²) in [6, 6.07) is 17.6. The summed E-state index contributed by atoms with van der Waals surface area (Å²) in [5, 5.41) is 0.309. The van der Waals surface area contributed by atoms with E-state index in [9.17, 15) is 22.8 Å². The molecule has 0 aliphatic carbocycles. The zero-order valence-electron chi connectivity index (χ0n) is 20.2. The molecule has 0 aliphatic rings. The van der Waals surface area contributed by atoms with Crippen LogP contribution >= 0.6 is 11.6 Å². The number of hydrogen-bond donors (Lipinski definition) is 0. The molecule has 5 nitrogen and oxygen atoms in total. The Balaban J connectivity index is 1.97. The van der Waals surface area contributed by atoms with E-state index in [4.69, 9.17) is 11.6 Å². The highest BCUT2D eigenvalue weighted by Gasteiger charge is 2.31. The lowest BCUT2D eigenvalue weighted by Crippen LogP contribution is -2.37. The first-order valence-electron chi connectivity index (χ1n) is 10.9. The molecule has 0 aliphatic heterocycles. The summed E-state index contributed by atoms with van der Waals surface area (Å²) >= 11 is 6.37. The molecule has 3 rings (SSSR count). The highest BCUT2D eigenvalue weighted by Crippen LogP contribution is 2.34. The number of carbonyl (C=O) groups excluding carboxylic acids is 2. The van der Waals surface area contributed by atoms with Gasteiger partial charge in [-0.1, -0.05) is 68.8 Å². The Morgan fingerprint density at radius 2 is 1.53 bits per heavy atom. The van der Waals surface area contributed by atoms with E-state index in [2.05, 4.69) is 30.2 Å². The maximum Gasteiger partial charge on any atom is 0.573 e. The van der Waals surface area contributed by atoms with Crippen LogP contribution in [0.2, 0.25) is 5.02 Å². The van der Waals surface area contributed by atoms with Crippen molar-refractivity contribution in [2.45, 2.75) is 39.1 Å². The maximum absolute atomic E-state index is 12.9. The second-order valence-corrected chi connectivity index (χ2v) is 9.47. The molecule has 0 radical (unpaired) electrons. The summed E-state index contributed by atoms with van der Waals surface area (Å²) in [5.74, 6) is -2.29. The lowest BCUT2D eigenvalue weighted by Gasteiger charge is -2.24. The van der Waals surface area contributed by atoms with E-state index >= 15 is 0 Å². The van der Waals surface area contributed by atoms with Gasteiger partial charge in [0, 0.05) is 16.3 Å². The number of benzene rings is 3. The lowest BCUT2D eigenvalue weighted by atomic mass is 9.87. The van der Waals surface area contributed by atoms with Crippen LogP contribution in [-0.4, -0.2) is 25.3 Å². The van der Waals surface area contributed by atoms with Crippen LogP contribution in [0, 0.1) is 0 Å². The molecule has 0 unspecified atom stereocenters. The molecule has 0 fully saturated rings. The molecule has 0 heterocycles. The molecule has 9 heteroatoms. The van der Waals surface area contributed by atoms with Crippen LogP contribution in [0.3, 0.4) is 0 Å². The van der Waals surface area contributed by atoms with Gasteiger partial charge in [-0.05, 0) is 52.4 Å². The van der Waals surface area contributed by atoms with Gasteiger partial charge in [0.05, 0.1) is 13.7 Å². The SMILES string of the molecule is COC(=O)C(=O)N(Cc1ccc(C(C)(C)C)cc1)c1ccc(Cl)c(-c2ccc(OC(F)(F)F)cc2)c1. The summed E-state index contributed by atoms with van der Waals surface area (Å²) in [5.41, 5.74) is 3.16. The third kappa shape index (κ3) is 6.79. The van der Waals surface area contributed by atoms with Gasteiger partial charge in [-0.3, -0.25) is 9.69 Å². The number of amides is 1. The van der Waals surface area contributed by atoms with Gasteiger partial charge in [0.25, 0.3) is 0 Å². The number of ether oxygens (including phenoxy) is 2. The standard InChI is InChI=1S/C27H25ClF3NO4/c1-26(2,3)19-9-5-17(6-10-19)16-32(24(33)25(34)35-4)20-11-14-23(28)22(15-20)18-7-12-21(13-8-18)36-27(29,30)31/h5-15H,16H2,1-4H3. The van der Waals surface area contributed by atoms with Crippen LogP contribution in [0.1, 0.15) is 31.9 Å². The highest BCUT2D eigenvalue weighted by atomic mass is 35.5. The van der Waals surface area contributed by atoms with Crippen LogP contribution in [0.15, 0.2) is 66.7 Å². The van der Waals surface area contributed by atoms with E-state index in [1.54, 1.807) is 18.2 Å². The summed E-state index contributed by atoms with van der Waals surface area (Å²) in [4.78, 5) is 26.3. The topological polar surface area (TPSA) is 55.8 Å². The van der Waals surface area contributed by atoms with E-state index in [0.29, 0.717) is 21.8 Å². The number of alkyl halides is 3. The number of methoxy groups -OCH3 is 1. The van der Waals surface area contributed by atoms with E-state index in [0.717, 1.165) is 18.2 Å². The smallest absolute Gasteiger partial charge is 0.462 e. The number of esters is 1. The zero-order chi connectivity index (χ0) is 26.7. The van der Waals surface area contributed by atoms with Gasteiger partial charge >= 0.3 is 18.2 Å². The first kappa shape index (κ1) is 27.1. The molecule has 0 saturated carbocycles. The van der Waals surface area contributed by atoms with Crippen molar-refractivity contribution in [1.29, 1.82) is 0 Å². The van der Waals surface area contributed by atoms with Crippen molar-refractivity contribution in [1.82, 2.24) is 0 Å². The quantitative estimate of drug-likeness (QED) is 0.271. The van der Waals surface area contributed by atoms with Crippen molar-refractivity contribution in [2.24, 2.45) is 0 Å². The van der Waals surface area contributed by atoms with Gasteiger partial charge in [0.15, 0.2) is 0 Å². The van der Waals surface area contributed by atoms with Crippen molar-refractivity contribution in [3.05, 3.63) is 82.9 Å². The van der Waals surface area contributed by atoms with Crippen molar-refractivity contribution in [3.8, 4) is 16.9 Å². The molecule has 3 aromatic carbocycles. The summed E-state index contributed by atoms with van der Waals surface area (Å²) in [7, 11) is 1.12. The first-order chi connectivity index (χ1) is 16.8. The summed E-state index contributed by atoms with van der Waals surface area (Å²) in [6.07, 6.45) is -4.81. The Bertz CT molecular complexity index is 1230. The Labute approximate surface area is 212 Å². The Hall–Kier alpha value is -3.52. The van der Waals surface area contributed by atoms with Crippen molar-refractivity contribution < 1.29 is 32.2 Å². The molecule has 190 valence electrons. The predicted molar refractivity (Wildman–Crippen MR) is 132 cm³/mol. The zero-order valence-corrected chi connectivity index (χ0v) is 20.9. The van der Waals surface area contributed by atoms with E-state index in [1.807, 2.05) is 24.3 Å². The largest absolute Gasteiger partial charge is 0.573 e. The molecule has 0 saturated heterocycles. The fourth-order valence-electron chi connectivity index (χ4n) is 3.51. The minimum atomic E-state index is -4.81. The van der Waals surface area contributed by atoms with Gasteiger partial charge in [-0.2, -0.15) is 0 Å². The van der Waals surface area contributed by atoms with Crippen LogP contribution in [0.4, 0.5) is 18.9 Å². The highest BCUT2D eigenvalue weighted by molar-refractivity contribution is 6.38. The molecule has 0 N–H and O–H groups in total. The van der Waals surface area contributed by atoms with Gasteiger partial charge < -0.3 is 9.47 Å². The Morgan fingerprint density at radius 1 is 0.917 bits per heavy atom. The molecule has 3 aromatic rings. The first-order valence-corrected chi connectivity index (χ1v) is 11.3. The fraction of sp³-hybridized carbons (Fsp3) is 0.259. The number of anilines is 1. The number of rotatable bonds is 5. The lowest BCUT2D eigenvalue weighted by molar-refractivity contribution is -0.274. The minimum absolute atomic E-state index is 0.0498. The molecule has 0 bridgehead atoms. The molecular weight excluding hydrogens is 495 g/mol. The maximum atomic E-state index is 12.9. The average Bonchev–Trinajstić information content (AvgIpc) is 2.81. The Morgan fingerprint density at radius 3 is 2.06 bits per heavy atom. The van der Waals surface area contributed by atoms with E-state index in [1.165, 1.54) is 29.2 Å². The number of nitrogens with zero attached hydrogens (tertiary/aromatic N) is 1. The number of carbonyl (C=O) groups is 2. The molecule has 0 spiro atoms. The summed E-state index contributed by atoms with van der Waals surface area (Å²) in [6.45, 7) is 6.35. The minimum Gasteiger partial charge on any atom is -0.462 e. The van der Waals surface area contributed by atoms with Gasteiger partial charge in [0.1, 0.15) is 5.75 Å². The second-order valence-electron chi connectivity index (χ2n) is 9.07. The van der Waals surface area contributed by atoms with E-state index < -0.39 is 18.2 Å². The normalized spacial score (nSPS) is 11.7. The third-order valence-electron chi connectivity index (χ3n) is 5.43. The monoisotopic (exact) mass is 519 g/mol. The third-order valence-corrected chi connectivity index (χ3v) is 5.76. The van der Waals surface area contributed by atoms with Crippen molar-refractivity contribution in [2.75, 3.05) is 12.0 Å². The van der Waals surface area contributed by atoms with Crippen LogP contribution in [0.5, 0.6) is 5.75 Å². The molecule has 1 amide bonds. The fourth-order valence-corrected chi connectivity index (χ4v) is 3.74. The Kier molecular flexibility index (Phi) is 7.99. The second kappa shape index (κ2) is 10.6. The number of halogens is 4. The van der Waals surface area contributed by atoms with Crippen LogP contribution in [-0.2, 0) is 26.3 Å². The van der Waals surface area contributed by atoms with Gasteiger partial charge in [-0.15, -0.1) is 13.2 Å². The van der Waals surface area contributed by atoms with Crippen molar-refractivity contribution >= 4 is 29.2 Å². The van der Waals surface area contributed by atoms with Gasteiger partial charge in [0.2, 0.25) is 0 Å². The molecule has 0 atom stereocenters. The van der Waals surface area contributed by atoms with Gasteiger partial charge in [-0.25, -0.2) is 4.79 Å². The van der Waals surface area contributed by atoms with E-state index in [-0.39, 0.29) is 17.7 Å². The molecule has 36 heavy (non-hydrogen) atoms. The molecule has 0 aromatic heterocycles.